The van der Waals surface area contributed by atoms with E-state index in [1.165, 1.54) is 0 Å². The van der Waals surface area contributed by atoms with Gasteiger partial charge in [-0.3, -0.25) is 4.79 Å². The molecule has 0 spiro atoms. The van der Waals surface area contributed by atoms with Crippen molar-refractivity contribution in [3.05, 3.63) is 0 Å². The Morgan fingerprint density at radius 1 is 1.45 bits per heavy atom. The van der Waals surface area contributed by atoms with Crippen LogP contribution in [0.2, 0.25) is 0 Å². The Labute approximate surface area is 119 Å². The average Bonchev–Trinajstić information content (AvgIpc) is 2.64. The smallest absolute Gasteiger partial charge is 0.410 e. The number of aliphatic hydroxyl groups excluding tert-OH is 1. The maximum atomic E-state index is 12.0. The van der Waals surface area contributed by atoms with Gasteiger partial charge in [-0.05, 0) is 27.7 Å². The Hall–Kier alpha value is -1.30. The molecule has 2 saturated heterocycles. The normalized spacial score (nSPS) is 25.6. The SMILES string of the molecule is CC(C)(C)OC(=O)N1CC(C)(N2CC(CO)CC2=O)C1. The number of carbonyl (C=O) groups is 2. The second-order valence-corrected chi connectivity index (χ2v) is 7.09. The molecule has 1 N–H and O–H groups in total. The molecule has 0 bridgehead atoms. The van der Waals surface area contributed by atoms with Crippen LogP contribution in [-0.2, 0) is 9.53 Å². The van der Waals surface area contributed by atoms with Gasteiger partial charge in [0.2, 0.25) is 5.91 Å². The van der Waals surface area contributed by atoms with E-state index in [-0.39, 0.29) is 30.1 Å². The van der Waals surface area contributed by atoms with Gasteiger partial charge in [-0.1, -0.05) is 0 Å². The number of likely N-dealkylation sites (tertiary alicyclic amines) is 2. The van der Waals surface area contributed by atoms with Crippen molar-refractivity contribution in [1.29, 1.82) is 0 Å². The van der Waals surface area contributed by atoms with Crippen LogP contribution in [0.3, 0.4) is 0 Å². The minimum absolute atomic E-state index is 0.0231. The van der Waals surface area contributed by atoms with Gasteiger partial charge in [0.05, 0.1) is 5.54 Å². The molecule has 0 saturated carbocycles. The molecule has 0 aliphatic carbocycles. The van der Waals surface area contributed by atoms with Gasteiger partial charge in [-0.25, -0.2) is 4.79 Å². The third kappa shape index (κ3) is 2.90. The van der Waals surface area contributed by atoms with E-state index in [1.54, 1.807) is 9.80 Å². The van der Waals surface area contributed by atoms with Crippen molar-refractivity contribution in [3.63, 3.8) is 0 Å². The maximum absolute atomic E-state index is 12.0. The van der Waals surface area contributed by atoms with Crippen LogP contribution in [0.25, 0.3) is 0 Å². The standard InChI is InChI=1S/C14H24N2O4/c1-13(2,3)20-12(19)15-8-14(4,9-15)16-6-10(7-17)5-11(16)18/h10,17H,5-9H2,1-4H3. The summed E-state index contributed by atoms with van der Waals surface area (Å²) in [6.45, 7) is 9.07. The van der Waals surface area contributed by atoms with E-state index < -0.39 is 5.60 Å². The number of carbonyl (C=O) groups excluding carboxylic acids is 2. The highest BCUT2D eigenvalue weighted by molar-refractivity contribution is 5.80. The largest absolute Gasteiger partial charge is 0.444 e. The first-order valence-corrected chi connectivity index (χ1v) is 7.04. The van der Waals surface area contributed by atoms with Gasteiger partial charge >= 0.3 is 6.09 Å². The number of ether oxygens (including phenoxy) is 1. The van der Waals surface area contributed by atoms with Crippen molar-refractivity contribution in [1.82, 2.24) is 9.80 Å². The number of rotatable bonds is 2. The minimum atomic E-state index is -0.505. The molecule has 2 amide bonds. The second kappa shape index (κ2) is 4.91. The van der Waals surface area contributed by atoms with Crippen LogP contribution in [-0.4, -0.2) is 64.3 Å². The van der Waals surface area contributed by atoms with Crippen LogP contribution < -0.4 is 0 Å². The molecule has 1 unspecified atom stereocenters. The predicted octanol–water partition coefficient (Wildman–Crippen LogP) is 0.837. The highest BCUT2D eigenvalue weighted by Gasteiger charge is 2.51. The lowest BCUT2D eigenvalue weighted by Gasteiger charge is -2.52. The summed E-state index contributed by atoms with van der Waals surface area (Å²) in [7, 11) is 0. The van der Waals surface area contributed by atoms with E-state index in [9.17, 15) is 9.59 Å². The van der Waals surface area contributed by atoms with Gasteiger partial charge in [0.1, 0.15) is 5.60 Å². The fourth-order valence-corrected chi connectivity index (χ4v) is 2.83. The summed E-state index contributed by atoms with van der Waals surface area (Å²) in [5.41, 5.74) is -0.827. The van der Waals surface area contributed by atoms with E-state index in [2.05, 4.69) is 0 Å². The van der Waals surface area contributed by atoms with Gasteiger partial charge in [-0.15, -0.1) is 0 Å². The molecule has 2 fully saturated rings. The van der Waals surface area contributed by atoms with Gasteiger partial charge < -0.3 is 19.6 Å². The Morgan fingerprint density at radius 3 is 2.50 bits per heavy atom. The van der Waals surface area contributed by atoms with Crippen molar-refractivity contribution in [2.45, 2.75) is 45.3 Å². The first kappa shape index (κ1) is 15.1. The molecule has 6 nitrogen and oxygen atoms in total. The molecular weight excluding hydrogens is 260 g/mol. The third-order valence-electron chi connectivity index (χ3n) is 3.83. The summed E-state index contributed by atoms with van der Waals surface area (Å²) in [6, 6.07) is 0. The average molecular weight is 284 g/mol. The van der Waals surface area contributed by atoms with Gasteiger partial charge in [-0.2, -0.15) is 0 Å². The van der Waals surface area contributed by atoms with E-state index >= 15 is 0 Å². The van der Waals surface area contributed by atoms with Crippen molar-refractivity contribution < 1.29 is 19.4 Å². The molecule has 6 heteroatoms. The predicted molar refractivity (Wildman–Crippen MR) is 73.1 cm³/mol. The highest BCUT2D eigenvalue weighted by atomic mass is 16.6. The maximum Gasteiger partial charge on any atom is 0.410 e. The minimum Gasteiger partial charge on any atom is -0.444 e. The molecular formula is C14H24N2O4. The second-order valence-electron chi connectivity index (χ2n) is 7.09. The zero-order valence-electron chi connectivity index (χ0n) is 12.7. The van der Waals surface area contributed by atoms with Crippen LogP contribution in [0.15, 0.2) is 0 Å². The van der Waals surface area contributed by atoms with Crippen molar-refractivity contribution in [2.75, 3.05) is 26.2 Å². The van der Waals surface area contributed by atoms with E-state index in [0.29, 0.717) is 26.1 Å². The van der Waals surface area contributed by atoms with Crippen molar-refractivity contribution in [2.24, 2.45) is 5.92 Å². The summed E-state index contributed by atoms with van der Waals surface area (Å²) >= 11 is 0. The first-order chi connectivity index (χ1) is 9.14. The molecule has 0 radical (unpaired) electrons. The summed E-state index contributed by atoms with van der Waals surface area (Å²) in [4.78, 5) is 27.3. The van der Waals surface area contributed by atoms with Crippen LogP contribution in [0.4, 0.5) is 4.79 Å². The van der Waals surface area contributed by atoms with Crippen molar-refractivity contribution >= 4 is 12.0 Å². The topological polar surface area (TPSA) is 70.1 Å². The highest BCUT2D eigenvalue weighted by Crippen LogP contribution is 2.33. The molecule has 114 valence electrons. The number of amides is 2. The number of hydrogen-bond acceptors (Lipinski definition) is 4. The van der Waals surface area contributed by atoms with Crippen molar-refractivity contribution in [3.8, 4) is 0 Å². The first-order valence-electron chi connectivity index (χ1n) is 7.04. The summed E-state index contributed by atoms with van der Waals surface area (Å²) in [5, 5.41) is 9.16. The molecule has 2 aliphatic heterocycles. The Kier molecular flexibility index (Phi) is 3.71. The van der Waals surface area contributed by atoms with E-state index in [4.69, 9.17) is 9.84 Å². The lowest BCUT2D eigenvalue weighted by atomic mass is 9.90. The zero-order valence-corrected chi connectivity index (χ0v) is 12.7. The van der Waals surface area contributed by atoms with E-state index in [1.807, 2.05) is 27.7 Å². The fraction of sp³-hybridized carbons (Fsp3) is 0.857. The third-order valence-corrected chi connectivity index (χ3v) is 3.83. The molecule has 0 aromatic carbocycles. The Morgan fingerprint density at radius 2 is 2.05 bits per heavy atom. The Balaban J connectivity index is 1.91. The lowest BCUT2D eigenvalue weighted by molar-refractivity contribution is -0.139. The quantitative estimate of drug-likeness (QED) is 0.815. The number of nitrogens with zero attached hydrogens (tertiary/aromatic N) is 2. The van der Waals surface area contributed by atoms with Crippen LogP contribution in [0.5, 0.6) is 0 Å². The molecule has 2 rings (SSSR count). The number of aliphatic hydroxyl groups is 1. The fourth-order valence-electron chi connectivity index (χ4n) is 2.83. The molecule has 0 aromatic heterocycles. The van der Waals surface area contributed by atoms with Crippen LogP contribution >= 0.6 is 0 Å². The molecule has 2 aliphatic rings. The summed E-state index contributed by atoms with van der Waals surface area (Å²) in [6.07, 6.45) is 0.0683. The number of hydrogen-bond donors (Lipinski definition) is 1. The molecule has 20 heavy (non-hydrogen) atoms. The summed E-state index contributed by atoms with van der Waals surface area (Å²) < 4.78 is 5.31. The Bertz CT molecular complexity index is 410. The molecule has 1 atom stereocenters. The van der Waals surface area contributed by atoms with E-state index in [0.717, 1.165) is 0 Å². The van der Waals surface area contributed by atoms with Gasteiger partial charge in [0, 0.05) is 38.6 Å². The lowest BCUT2D eigenvalue weighted by Crippen LogP contribution is -2.70. The van der Waals surface area contributed by atoms with Crippen LogP contribution in [0, 0.1) is 5.92 Å². The molecule has 0 aromatic rings. The van der Waals surface area contributed by atoms with Crippen LogP contribution in [0.1, 0.15) is 34.1 Å². The zero-order chi connectivity index (χ0) is 15.1. The van der Waals surface area contributed by atoms with Gasteiger partial charge in [0.25, 0.3) is 0 Å². The monoisotopic (exact) mass is 284 g/mol. The molecule has 2 heterocycles. The van der Waals surface area contributed by atoms with Gasteiger partial charge in [0.15, 0.2) is 0 Å². The summed E-state index contributed by atoms with van der Waals surface area (Å²) in [5.74, 6) is 0.0882.